The van der Waals surface area contributed by atoms with Crippen LogP contribution in [-0.4, -0.2) is 46.1 Å². The molecule has 1 N–H and O–H groups in total. The van der Waals surface area contributed by atoms with Crippen molar-refractivity contribution in [3.05, 3.63) is 70.7 Å². The number of para-hydroxylation sites is 2. The molecule has 2 amide bonds. The third-order valence-corrected chi connectivity index (χ3v) is 6.24. The molecule has 2 heterocycles. The first-order valence-electron chi connectivity index (χ1n) is 10.3. The van der Waals surface area contributed by atoms with Gasteiger partial charge in [-0.05, 0) is 44.0 Å². The number of aromatic nitrogens is 2. The number of piperidine rings is 1. The molecule has 2 atom stereocenters. The molecule has 1 saturated heterocycles. The maximum absolute atomic E-state index is 12.9. The van der Waals surface area contributed by atoms with E-state index < -0.39 is 6.10 Å². The predicted octanol–water partition coefficient (Wildman–Crippen LogP) is 3.96. The van der Waals surface area contributed by atoms with E-state index in [0.717, 1.165) is 17.8 Å². The van der Waals surface area contributed by atoms with Gasteiger partial charge in [0.1, 0.15) is 10.8 Å². The van der Waals surface area contributed by atoms with Gasteiger partial charge < -0.3 is 15.0 Å². The maximum Gasteiger partial charge on any atom is 0.286 e. The predicted molar refractivity (Wildman–Crippen MR) is 119 cm³/mol. The van der Waals surface area contributed by atoms with E-state index >= 15 is 0 Å². The number of benzene rings is 2. The van der Waals surface area contributed by atoms with Crippen LogP contribution in [0.3, 0.4) is 0 Å². The Bertz CT molecular complexity index is 1030. The van der Waals surface area contributed by atoms with Crippen LogP contribution in [0.4, 0.5) is 5.69 Å². The number of rotatable bonds is 6. The van der Waals surface area contributed by atoms with Crippen molar-refractivity contribution in [3.63, 3.8) is 0 Å². The number of carbonyl (C=O) groups is 2. The van der Waals surface area contributed by atoms with Crippen LogP contribution in [0.1, 0.15) is 40.5 Å². The minimum atomic E-state index is -0.567. The highest BCUT2D eigenvalue weighted by Gasteiger charge is 2.30. The Morgan fingerprint density at radius 1 is 1.10 bits per heavy atom. The molecular formula is C23H24N4O3S. The van der Waals surface area contributed by atoms with E-state index in [1.54, 1.807) is 6.92 Å². The first-order valence-corrected chi connectivity index (χ1v) is 11.1. The number of carbonyl (C=O) groups excluding carboxylic acids is 2. The fourth-order valence-electron chi connectivity index (χ4n) is 3.59. The third-order valence-electron chi connectivity index (χ3n) is 5.15. The Balaban J connectivity index is 1.37. The van der Waals surface area contributed by atoms with Crippen molar-refractivity contribution < 1.29 is 14.3 Å². The number of anilines is 1. The zero-order chi connectivity index (χ0) is 21.6. The lowest BCUT2D eigenvalue weighted by Gasteiger charge is -2.33. The summed E-state index contributed by atoms with van der Waals surface area (Å²) in [6.45, 7) is 3.02. The highest BCUT2D eigenvalue weighted by atomic mass is 32.1. The van der Waals surface area contributed by atoms with Gasteiger partial charge >= 0.3 is 0 Å². The summed E-state index contributed by atoms with van der Waals surface area (Å²) in [4.78, 5) is 27.2. The van der Waals surface area contributed by atoms with Gasteiger partial charge in [0.2, 0.25) is 5.01 Å². The van der Waals surface area contributed by atoms with E-state index in [-0.39, 0.29) is 17.7 Å². The minimum absolute atomic E-state index is 0.0416. The van der Waals surface area contributed by atoms with E-state index in [1.807, 2.05) is 65.6 Å². The molecule has 1 aliphatic rings. The molecule has 1 aromatic heterocycles. The molecule has 0 radical (unpaired) electrons. The Morgan fingerprint density at radius 3 is 2.55 bits per heavy atom. The quantitative estimate of drug-likeness (QED) is 0.632. The number of hydrogen-bond donors (Lipinski definition) is 1. The largest absolute Gasteiger partial charge is 0.481 e. The summed E-state index contributed by atoms with van der Waals surface area (Å²) >= 11 is 1.29. The van der Waals surface area contributed by atoms with E-state index in [4.69, 9.17) is 4.74 Å². The van der Waals surface area contributed by atoms with Crippen molar-refractivity contribution in [2.75, 3.05) is 18.4 Å². The second kappa shape index (κ2) is 9.70. The summed E-state index contributed by atoms with van der Waals surface area (Å²) in [6.07, 6.45) is 1.22. The third kappa shape index (κ3) is 5.27. The first-order chi connectivity index (χ1) is 15.1. The molecule has 0 saturated carbocycles. The van der Waals surface area contributed by atoms with Crippen molar-refractivity contribution >= 4 is 28.8 Å². The van der Waals surface area contributed by atoms with Crippen LogP contribution in [0.2, 0.25) is 0 Å². The molecule has 3 aromatic rings. The van der Waals surface area contributed by atoms with Crippen LogP contribution in [0.15, 0.2) is 60.7 Å². The van der Waals surface area contributed by atoms with Crippen LogP contribution in [0.25, 0.3) is 0 Å². The van der Waals surface area contributed by atoms with Crippen molar-refractivity contribution in [2.24, 2.45) is 0 Å². The zero-order valence-corrected chi connectivity index (χ0v) is 18.0. The SMILES string of the molecule is C[C@@H](Oc1ccccc1)C(=O)N1CCC[C@@H](c2nnc(C(=O)Nc3ccccc3)s2)C1. The molecule has 0 spiro atoms. The minimum Gasteiger partial charge on any atom is -0.481 e. The Kier molecular flexibility index (Phi) is 6.57. The molecule has 160 valence electrons. The van der Waals surface area contributed by atoms with Crippen LogP contribution in [0, 0.1) is 0 Å². The molecule has 0 bridgehead atoms. The van der Waals surface area contributed by atoms with Gasteiger partial charge in [-0.25, -0.2) is 0 Å². The normalized spacial score (nSPS) is 17.1. The Morgan fingerprint density at radius 2 is 1.81 bits per heavy atom. The van der Waals surface area contributed by atoms with Crippen molar-refractivity contribution in [1.82, 2.24) is 15.1 Å². The van der Waals surface area contributed by atoms with Gasteiger partial charge in [0.25, 0.3) is 11.8 Å². The molecular weight excluding hydrogens is 412 g/mol. The van der Waals surface area contributed by atoms with Gasteiger partial charge in [0.05, 0.1) is 0 Å². The number of nitrogens with one attached hydrogen (secondary N) is 1. The van der Waals surface area contributed by atoms with Gasteiger partial charge in [0.15, 0.2) is 6.10 Å². The van der Waals surface area contributed by atoms with Gasteiger partial charge in [0, 0.05) is 24.7 Å². The van der Waals surface area contributed by atoms with Gasteiger partial charge in [-0.3, -0.25) is 9.59 Å². The summed E-state index contributed by atoms with van der Waals surface area (Å²) in [5.41, 5.74) is 0.714. The van der Waals surface area contributed by atoms with E-state index in [1.165, 1.54) is 11.3 Å². The molecule has 1 fully saturated rings. The molecule has 7 nitrogen and oxygen atoms in total. The van der Waals surface area contributed by atoms with Crippen molar-refractivity contribution in [3.8, 4) is 5.75 Å². The topological polar surface area (TPSA) is 84.4 Å². The number of hydrogen-bond acceptors (Lipinski definition) is 6. The number of nitrogens with zero attached hydrogens (tertiary/aromatic N) is 3. The van der Waals surface area contributed by atoms with E-state index in [2.05, 4.69) is 15.5 Å². The monoisotopic (exact) mass is 436 g/mol. The lowest BCUT2D eigenvalue weighted by molar-refractivity contribution is -0.139. The first kappa shape index (κ1) is 21.0. The molecule has 8 heteroatoms. The standard InChI is InChI=1S/C23H24N4O3S/c1-16(30-19-12-6-3-7-13-19)23(29)27-14-8-9-17(15-27)21-25-26-22(31-21)20(28)24-18-10-4-2-5-11-18/h2-7,10-13,16-17H,8-9,14-15H2,1H3,(H,24,28)/t16-,17-/m1/s1. The molecule has 0 aliphatic carbocycles. The fourth-order valence-corrected chi connectivity index (χ4v) is 4.45. The second-order valence-electron chi connectivity index (χ2n) is 7.46. The van der Waals surface area contributed by atoms with Crippen molar-refractivity contribution in [2.45, 2.75) is 31.8 Å². The van der Waals surface area contributed by atoms with E-state index in [0.29, 0.717) is 29.5 Å². The number of amides is 2. The Hall–Kier alpha value is -3.26. The Labute approximate surface area is 185 Å². The number of ether oxygens (including phenoxy) is 1. The lowest BCUT2D eigenvalue weighted by Crippen LogP contribution is -2.45. The van der Waals surface area contributed by atoms with Crippen LogP contribution >= 0.6 is 11.3 Å². The highest BCUT2D eigenvalue weighted by molar-refractivity contribution is 7.13. The van der Waals surface area contributed by atoms with Crippen molar-refractivity contribution in [1.29, 1.82) is 0 Å². The average Bonchev–Trinajstić information content (AvgIpc) is 3.31. The van der Waals surface area contributed by atoms with Crippen LogP contribution < -0.4 is 10.1 Å². The second-order valence-corrected chi connectivity index (χ2v) is 8.47. The van der Waals surface area contributed by atoms with Gasteiger partial charge in [-0.15, -0.1) is 10.2 Å². The average molecular weight is 437 g/mol. The highest BCUT2D eigenvalue weighted by Crippen LogP contribution is 2.30. The molecule has 4 rings (SSSR count). The molecule has 0 unspecified atom stereocenters. The lowest BCUT2D eigenvalue weighted by atomic mass is 9.98. The fraction of sp³-hybridized carbons (Fsp3) is 0.304. The van der Waals surface area contributed by atoms with Gasteiger partial charge in [-0.1, -0.05) is 47.7 Å². The summed E-state index contributed by atoms with van der Waals surface area (Å²) in [5.74, 6) is 0.427. The molecule has 1 aliphatic heterocycles. The maximum atomic E-state index is 12.9. The summed E-state index contributed by atoms with van der Waals surface area (Å²) in [6, 6.07) is 18.6. The molecule has 2 aromatic carbocycles. The zero-order valence-electron chi connectivity index (χ0n) is 17.2. The molecule has 31 heavy (non-hydrogen) atoms. The summed E-state index contributed by atoms with van der Waals surface area (Å²) in [7, 11) is 0. The number of likely N-dealkylation sites (tertiary alicyclic amines) is 1. The van der Waals surface area contributed by atoms with Crippen LogP contribution in [0.5, 0.6) is 5.75 Å². The summed E-state index contributed by atoms with van der Waals surface area (Å²) < 4.78 is 5.79. The summed E-state index contributed by atoms with van der Waals surface area (Å²) in [5, 5.41) is 12.3. The smallest absolute Gasteiger partial charge is 0.286 e. The van der Waals surface area contributed by atoms with Gasteiger partial charge in [-0.2, -0.15) is 0 Å². The van der Waals surface area contributed by atoms with E-state index in [9.17, 15) is 9.59 Å². The van der Waals surface area contributed by atoms with Crippen LogP contribution in [-0.2, 0) is 4.79 Å².